The highest BCUT2D eigenvalue weighted by Crippen LogP contribution is 2.28. The molecule has 1 fully saturated rings. The van der Waals surface area contributed by atoms with E-state index in [1.165, 1.54) is 0 Å². The van der Waals surface area contributed by atoms with Crippen molar-refractivity contribution in [1.82, 2.24) is 15.1 Å². The molecule has 40 heavy (non-hydrogen) atoms. The van der Waals surface area contributed by atoms with Gasteiger partial charge in [0, 0.05) is 63.0 Å². The van der Waals surface area contributed by atoms with E-state index in [9.17, 15) is 14.4 Å². The molecule has 0 radical (unpaired) electrons. The van der Waals surface area contributed by atoms with Crippen LogP contribution in [0.5, 0.6) is 0 Å². The molecule has 0 atom stereocenters. The molecule has 1 aliphatic heterocycles. The maximum absolute atomic E-state index is 12.8. The molecule has 210 valence electrons. The fourth-order valence-electron chi connectivity index (χ4n) is 4.67. The van der Waals surface area contributed by atoms with Gasteiger partial charge in [-0.05, 0) is 48.7 Å². The van der Waals surface area contributed by atoms with Crippen molar-refractivity contribution < 1.29 is 19.1 Å². The van der Waals surface area contributed by atoms with Crippen LogP contribution in [0.15, 0.2) is 78.9 Å². The molecule has 0 aliphatic carbocycles. The van der Waals surface area contributed by atoms with E-state index in [1.54, 1.807) is 36.2 Å². The molecule has 9 heteroatoms. The van der Waals surface area contributed by atoms with Gasteiger partial charge in [-0.1, -0.05) is 48.5 Å². The molecule has 0 saturated carbocycles. The minimum Gasteiger partial charge on any atom is -0.446 e. The predicted octanol–water partition coefficient (Wildman–Crippen LogP) is 3.83. The number of anilines is 1. The monoisotopic (exact) mass is 543 g/mol. The van der Waals surface area contributed by atoms with Crippen LogP contribution in [-0.2, 0) is 4.74 Å². The van der Waals surface area contributed by atoms with Crippen molar-refractivity contribution in [1.29, 1.82) is 0 Å². The summed E-state index contributed by atoms with van der Waals surface area (Å²) in [5, 5.41) is 5.62. The van der Waals surface area contributed by atoms with Gasteiger partial charge < -0.3 is 25.6 Å². The SMILES string of the molecule is CN(CCN1CCC(OC(=O)Nc2ccccc2-c2ccccc2)CC1)C(=O)c1ccc(C(=O)NCCN)cc1. The minimum absolute atomic E-state index is 0.0976. The highest BCUT2D eigenvalue weighted by Gasteiger charge is 2.23. The van der Waals surface area contributed by atoms with Crippen LogP contribution in [0.4, 0.5) is 10.5 Å². The van der Waals surface area contributed by atoms with Crippen LogP contribution >= 0.6 is 0 Å². The Hall–Kier alpha value is -4.21. The molecule has 4 rings (SSSR count). The molecule has 0 unspecified atom stereocenters. The van der Waals surface area contributed by atoms with Crippen molar-refractivity contribution in [2.24, 2.45) is 5.73 Å². The minimum atomic E-state index is -0.449. The standard InChI is InChI=1S/C31H37N5O4/c1-35(30(38)25-13-11-24(12-14-25)29(37)33-18-17-32)21-22-36-19-15-26(16-20-36)40-31(39)34-28-10-6-5-9-27(28)23-7-3-2-4-8-23/h2-14,26H,15-22,32H2,1H3,(H,33,37)(H,34,39). The Bertz CT molecular complexity index is 1270. The summed E-state index contributed by atoms with van der Waals surface area (Å²) >= 11 is 0. The van der Waals surface area contributed by atoms with Crippen LogP contribution in [0.2, 0.25) is 0 Å². The van der Waals surface area contributed by atoms with Gasteiger partial charge >= 0.3 is 6.09 Å². The van der Waals surface area contributed by atoms with Crippen molar-refractivity contribution >= 4 is 23.6 Å². The van der Waals surface area contributed by atoms with E-state index < -0.39 is 6.09 Å². The average Bonchev–Trinajstić information content (AvgIpc) is 2.99. The van der Waals surface area contributed by atoms with E-state index in [2.05, 4.69) is 15.5 Å². The number of likely N-dealkylation sites (N-methyl/N-ethyl adjacent to an activating group) is 1. The number of likely N-dealkylation sites (tertiary alicyclic amines) is 1. The molecule has 0 bridgehead atoms. The molecule has 4 N–H and O–H groups in total. The lowest BCUT2D eigenvalue weighted by molar-refractivity contribution is 0.0540. The zero-order valence-corrected chi connectivity index (χ0v) is 22.8. The molecule has 1 aliphatic rings. The van der Waals surface area contributed by atoms with Gasteiger partial charge in [-0.25, -0.2) is 4.79 Å². The number of nitrogens with two attached hydrogens (primary N) is 1. The number of ether oxygens (including phenoxy) is 1. The van der Waals surface area contributed by atoms with Gasteiger partial charge in [0.25, 0.3) is 11.8 Å². The number of rotatable bonds is 10. The van der Waals surface area contributed by atoms with Crippen molar-refractivity contribution in [3.8, 4) is 11.1 Å². The van der Waals surface area contributed by atoms with Gasteiger partial charge in [-0.3, -0.25) is 14.9 Å². The first-order chi connectivity index (χ1) is 19.4. The Morgan fingerprint density at radius 3 is 2.27 bits per heavy atom. The number of para-hydroxylation sites is 1. The zero-order valence-electron chi connectivity index (χ0n) is 22.8. The zero-order chi connectivity index (χ0) is 28.3. The number of hydrogen-bond donors (Lipinski definition) is 3. The van der Waals surface area contributed by atoms with E-state index in [1.807, 2.05) is 54.6 Å². The molecule has 1 saturated heterocycles. The second-order valence-electron chi connectivity index (χ2n) is 9.83. The first kappa shape index (κ1) is 28.8. The quantitative estimate of drug-likeness (QED) is 0.358. The van der Waals surface area contributed by atoms with Crippen LogP contribution in [0.1, 0.15) is 33.6 Å². The fraction of sp³-hybridized carbons (Fsp3) is 0.323. The molecular weight excluding hydrogens is 506 g/mol. The lowest BCUT2D eigenvalue weighted by Gasteiger charge is -2.32. The van der Waals surface area contributed by atoms with Gasteiger partial charge in [0.15, 0.2) is 0 Å². The highest BCUT2D eigenvalue weighted by atomic mass is 16.6. The fourth-order valence-corrected chi connectivity index (χ4v) is 4.67. The number of nitrogens with one attached hydrogen (secondary N) is 2. The largest absolute Gasteiger partial charge is 0.446 e. The molecule has 3 amide bonds. The van der Waals surface area contributed by atoms with Gasteiger partial charge in [-0.15, -0.1) is 0 Å². The number of benzene rings is 3. The highest BCUT2D eigenvalue weighted by molar-refractivity contribution is 5.97. The number of hydrogen-bond acceptors (Lipinski definition) is 6. The van der Waals surface area contributed by atoms with Crippen molar-refractivity contribution in [2.45, 2.75) is 18.9 Å². The maximum atomic E-state index is 12.8. The molecule has 0 spiro atoms. The average molecular weight is 544 g/mol. The van der Waals surface area contributed by atoms with Crippen LogP contribution in [0, 0.1) is 0 Å². The van der Waals surface area contributed by atoms with Crippen LogP contribution in [0.3, 0.4) is 0 Å². The van der Waals surface area contributed by atoms with E-state index in [-0.39, 0.29) is 17.9 Å². The van der Waals surface area contributed by atoms with E-state index in [0.717, 1.165) is 43.6 Å². The molecule has 3 aromatic rings. The van der Waals surface area contributed by atoms with E-state index in [0.29, 0.717) is 36.4 Å². The number of carbonyl (C=O) groups excluding carboxylic acids is 3. The first-order valence-electron chi connectivity index (χ1n) is 13.6. The summed E-state index contributed by atoms with van der Waals surface area (Å²) in [6.45, 7) is 3.64. The number of piperidine rings is 1. The Morgan fingerprint density at radius 2 is 1.57 bits per heavy atom. The Balaban J connectivity index is 1.19. The summed E-state index contributed by atoms with van der Waals surface area (Å²) in [4.78, 5) is 41.5. The van der Waals surface area contributed by atoms with Crippen molar-refractivity contribution in [3.63, 3.8) is 0 Å². The summed E-state index contributed by atoms with van der Waals surface area (Å²) in [5.74, 6) is -0.306. The van der Waals surface area contributed by atoms with Crippen LogP contribution in [-0.4, -0.2) is 80.1 Å². The first-order valence-corrected chi connectivity index (χ1v) is 13.6. The summed E-state index contributed by atoms with van der Waals surface area (Å²) in [6.07, 6.45) is 0.869. The molecule has 3 aromatic carbocycles. The lowest BCUT2D eigenvalue weighted by Crippen LogP contribution is -2.42. The topological polar surface area (TPSA) is 117 Å². The number of amides is 3. The van der Waals surface area contributed by atoms with Gasteiger partial charge in [0.2, 0.25) is 0 Å². The summed E-state index contributed by atoms with van der Waals surface area (Å²) in [7, 11) is 1.78. The molecular formula is C31H37N5O4. The van der Waals surface area contributed by atoms with Crippen LogP contribution in [0.25, 0.3) is 11.1 Å². The third-order valence-electron chi connectivity index (χ3n) is 6.98. The van der Waals surface area contributed by atoms with Gasteiger partial charge in [0.05, 0.1) is 5.69 Å². The van der Waals surface area contributed by atoms with Crippen molar-refractivity contribution in [2.75, 3.05) is 51.6 Å². The maximum Gasteiger partial charge on any atom is 0.411 e. The summed E-state index contributed by atoms with van der Waals surface area (Å²) < 4.78 is 5.73. The smallest absolute Gasteiger partial charge is 0.411 e. The number of nitrogens with zero attached hydrogens (tertiary/aromatic N) is 2. The Labute approximate surface area is 235 Å². The normalized spacial score (nSPS) is 13.8. The molecule has 0 aromatic heterocycles. The third-order valence-corrected chi connectivity index (χ3v) is 6.98. The third kappa shape index (κ3) is 7.91. The Morgan fingerprint density at radius 1 is 0.925 bits per heavy atom. The van der Waals surface area contributed by atoms with Gasteiger partial charge in [-0.2, -0.15) is 0 Å². The molecule has 1 heterocycles. The summed E-state index contributed by atoms with van der Waals surface area (Å²) in [6, 6.07) is 24.2. The van der Waals surface area contributed by atoms with Crippen molar-refractivity contribution in [3.05, 3.63) is 90.0 Å². The number of carbonyl (C=O) groups is 3. The summed E-state index contributed by atoms with van der Waals surface area (Å²) in [5.41, 5.74) is 9.13. The van der Waals surface area contributed by atoms with E-state index >= 15 is 0 Å². The van der Waals surface area contributed by atoms with E-state index in [4.69, 9.17) is 10.5 Å². The lowest BCUT2D eigenvalue weighted by atomic mass is 10.0. The van der Waals surface area contributed by atoms with Gasteiger partial charge in [0.1, 0.15) is 6.10 Å². The van der Waals surface area contributed by atoms with Crippen LogP contribution < -0.4 is 16.4 Å². The second kappa shape index (κ2) is 14.3. The second-order valence-corrected chi connectivity index (χ2v) is 9.83. The Kier molecular flexibility index (Phi) is 10.3. The predicted molar refractivity (Wildman–Crippen MR) is 156 cm³/mol. The molecule has 9 nitrogen and oxygen atoms in total.